The van der Waals surface area contributed by atoms with E-state index in [2.05, 4.69) is 85.5 Å². The van der Waals surface area contributed by atoms with Gasteiger partial charge in [0.2, 0.25) is 0 Å². The molecule has 5 heteroatoms. The van der Waals surface area contributed by atoms with E-state index in [1.165, 1.54) is 16.5 Å². The first-order valence-corrected chi connectivity index (χ1v) is 11.6. The fourth-order valence-corrected chi connectivity index (χ4v) is 4.06. The van der Waals surface area contributed by atoms with Crippen LogP contribution in [0.4, 0.5) is 0 Å². The lowest BCUT2D eigenvalue weighted by molar-refractivity contribution is 0.281. The molecule has 0 fully saturated rings. The zero-order chi connectivity index (χ0) is 22.5. The number of unbranched alkanes of at least 4 members (excludes halogenated alkanes) is 1. The average molecular weight is 431 g/mol. The van der Waals surface area contributed by atoms with E-state index in [9.17, 15) is 0 Å². The average Bonchev–Trinajstić information content (AvgIpc) is 3.17. The molecule has 32 heavy (non-hydrogen) atoms. The second-order valence-electron chi connectivity index (χ2n) is 8.80. The van der Waals surface area contributed by atoms with E-state index in [1.807, 2.05) is 0 Å². The van der Waals surface area contributed by atoms with Crippen molar-refractivity contribution < 1.29 is 4.74 Å². The lowest BCUT2D eigenvalue weighted by atomic mass is 10.0. The van der Waals surface area contributed by atoms with Crippen LogP contribution in [0.1, 0.15) is 44.3 Å². The minimum absolute atomic E-state index is 0.00932. The summed E-state index contributed by atoms with van der Waals surface area (Å²) < 4.78 is 5.87. The quantitative estimate of drug-likeness (QED) is 0.307. The van der Waals surface area contributed by atoms with Crippen LogP contribution in [0.3, 0.4) is 0 Å². The fraction of sp³-hybridized carbons (Fsp3) is 0.370. The molecule has 0 saturated carbocycles. The first-order valence-electron chi connectivity index (χ1n) is 11.6. The van der Waals surface area contributed by atoms with Gasteiger partial charge in [-0.1, -0.05) is 38.0 Å². The van der Waals surface area contributed by atoms with Crippen LogP contribution in [0.15, 0.2) is 54.6 Å². The van der Waals surface area contributed by atoms with Gasteiger partial charge in [-0.05, 0) is 74.5 Å². The molecule has 0 bridgehead atoms. The Hall–Kier alpha value is -2.89. The molecule has 0 spiro atoms. The molecular weight excluding hydrogens is 396 g/mol. The molecule has 2 heterocycles. The third kappa shape index (κ3) is 5.12. The third-order valence-corrected chi connectivity index (χ3v) is 5.93. The number of nitrogens with two attached hydrogens (primary N) is 1. The maximum Gasteiger partial charge on any atom is 0.138 e. The molecule has 5 nitrogen and oxygen atoms in total. The minimum atomic E-state index is -0.00932. The molecule has 2 aromatic heterocycles. The molecule has 0 aliphatic rings. The number of pyridine rings is 1. The monoisotopic (exact) mass is 430 g/mol. The summed E-state index contributed by atoms with van der Waals surface area (Å²) in [6, 6.07) is 19.1. The van der Waals surface area contributed by atoms with E-state index in [4.69, 9.17) is 15.5 Å². The minimum Gasteiger partial charge on any atom is -0.494 e. The predicted octanol–water partition coefficient (Wildman–Crippen LogP) is 5.90. The number of rotatable bonds is 10. The normalized spacial score (nSPS) is 12.7. The van der Waals surface area contributed by atoms with E-state index >= 15 is 0 Å². The molecule has 0 aliphatic heterocycles. The summed E-state index contributed by atoms with van der Waals surface area (Å²) >= 11 is 0. The van der Waals surface area contributed by atoms with Gasteiger partial charge in [0.05, 0.1) is 12.3 Å². The number of H-pyrrole nitrogens is 1. The highest BCUT2D eigenvalue weighted by molar-refractivity contribution is 6.07. The highest BCUT2D eigenvalue weighted by Crippen LogP contribution is 2.31. The van der Waals surface area contributed by atoms with Gasteiger partial charge < -0.3 is 20.4 Å². The molecule has 4 aromatic rings. The molecule has 1 atom stereocenters. The molecule has 1 unspecified atom stereocenters. The van der Waals surface area contributed by atoms with Crippen LogP contribution in [0.2, 0.25) is 0 Å². The van der Waals surface area contributed by atoms with Gasteiger partial charge in [0.15, 0.2) is 0 Å². The topological polar surface area (TPSA) is 67.2 Å². The van der Waals surface area contributed by atoms with Crippen LogP contribution >= 0.6 is 0 Å². The molecule has 3 N–H and O–H groups in total. The molecule has 168 valence electrons. The Labute approximate surface area is 190 Å². The van der Waals surface area contributed by atoms with Gasteiger partial charge in [0.1, 0.15) is 11.4 Å². The van der Waals surface area contributed by atoms with Gasteiger partial charge in [-0.25, -0.2) is 4.98 Å². The van der Waals surface area contributed by atoms with Crippen molar-refractivity contribution in [1.82, 2.24) is 14.9 Å². The molecule has 4 rings (SSSR count). The summed E-state index contributed by atoms with van der Waals surface area (Å²) in [4.78, 5) is 10.5. The molecule has 0 amide bonds. The molecule has 0 radical (unpaired) electrons. The van der Waals surface area contributed by atoms with Crippen LogP contribution < -0.4 is 10.5 Å². The Bertz CT molecular complexity index is 1160. The van der Waals surface area contributed by atoms with E-state index < -0.39 is 0 Å². The lowest BCUT2D eigenvalue weighted by Gasteiger charge is -2.11. The van der Waals surface area contributed by atoms with Gasteiger partial charge in [-0.15, -0.1) is 0 Å². The standard InChI is InChI=1S/C27H34N4O/c1-4-5-7-24(28)26-15-13-22-23-18-20(10-14-25(23)29-27(22)30-26)19-8-11-21(12-9-19)32-17-6-16-31(2)3/h8-15,18,24H,4-7,16-17,28H2,1-3H3,(H,29,30). The molecule has 0 saturated heterocycles. The van der Waals surface area contributed by atoms with Crippen LogP contribution in [0.25, 0.3) is 33.1 Å². The van der Waals surface area contributed by atoms with E-state index in [-0.39, 0.29) is 6.04 Å². The summed E-state index contributed by atoms with van der Waals surface area (Å²) in [6.07, 6.45) is 4.26. The summed E-state index contributed by atoms with van der Waals surface area (Å²) in [5, 5.41) is 2.32. The van der Waals surface area contributed by atoms with E-state index in [0.717, 1.165) is 66.8 Å². The summed E-state index contributed by atoms with van der Waals surface area (Å²) in [7, 11) is 4.16. The summed E-state index contributed by atoms with van der Waals surface area (Å²) in [5.74, 6) is 0.914. The van der Waals surface area contributed by atoms with Gasteiger partial charge in [0, 0.05) is 28.9 Å². The number of aromatic nitrogens is 2. The van der Waals surface area contributed by atoms with Crippen molar-refractivity contribution in [2.45, 2.75) is 38.6 Å². The number of fused-ring (bicyclic) bond motifs is 3. The van der Waals surface area contributed by atoms with Gasteiger partial charge >= 0.3 is 0 Å². The molecule has 0 aliphatic carbocycles. The molecular formula is C27H34N4O. The van der Waals surface area contributed by atoms with E-state index in [0.29, 0.717) is 0 Å². The maximum absolute atomic E-state index is 6.34. The largest absolute Gasteiger partial charge is 0.494 e. The number of hydrogen-bond donors (Lipinski definition) is 2. The van der Waals surface area contributed by atoms with Crippen LogP contribution in [-0.4, -0.2) is 42.1 Å². The van der Waals surface area contributed by atoms with E-state index in [1.54, 1.807) is 0 Å². The Kier molecular flexibility index (Phi) is 7.08. The zero-order valence-corrected chi connectivity index (χ0v) is 19.4. The Morgan fingerprint density at radius 3 is 2.50 bits per heavy atom. The van der Waals surface area contributed by atoms with Gasteiger partial charge in [0.25, 0.3) is 0 Å². The highest BCUT2D eigenvalue weighted by atomic mass is 16.5. The van der Waals surface area contributed by atoms with Crippen LogP contribution in [0, 0.1) is 0 Å². The second-order valence-corrected chi connectivity index (χ2v) is 8.80. The SMILES string of the molecule is CCCCC(N)c1ccc2c(n1)[nH]c1ccc(-c3ccc(OCCCN(C)C)cc3)cc12. The molecule has 2 aromatic carbocycles. The fourth-order valence-electron chi connectivity index (χ4n) is 4.06. The van der Waals surface area contributed by atoms with Crippen LogP contribution in [0.5, 0.6) is 5.75 Å². The first-order chi connectivity index (χ1) is 15.5. The number of aromatic amines is 1. The Morgan fingerprint density at radius 1 is 0.969 bits per heavy atom. The van der Waals surface area contributed by atoms with Crippen molar-refractivity contribution in [3.8, 4) is 16.9 Å². The summed E-state index contributed by atoms with van der Waals surface area (Å²) in [5.41, 5.74) is 11.7. The van der Waals surface area contributed by atoms with Gasteiger partial charge in [-0.3, -0.25) is 0 Å². The highest BCUT2D eigenvalue weighted by Gasteiger charge is 2.12. The van der Waals surface area contributed by atoms with Crippen molar-refractivity contribution in [3.05, 3.63) is 60.3 Å². The van der Waals surface area contributed by atoms with Gasteiger partial charge in [-0.2, -0.15) is 0 Å². The second kappa shape index (κ2) is 10.2. The van der Waals surface area contributed by atoms with Crippen LogP contribution in [-0.2, 0) is 0 Å². The number of hydrogen-bond acceptors (Lipinski definition) is 4. The van der Waals surface area contributed by atoms with Crippen molar-refractivity contribution in [2.24, 2.45) is 5.73 Å². The Balaban J connectivity index is 1.53. The summed E-state index contributed by atoms with van der Waals surface area (Å²) in [6.45, 7) is 3.95. The van der Waals surface area contributed by atoms with Crippen molar-refractivity contribution in [1.29, 1.82) is 0 Å². The predicted molar refractivity (Wildman–Crippen MR) is 134 cm³/mol. The van der Waals surface area contributed by atoms with Crippen molar-refractivity contribution in [2.75, 3.05) is 27.2 Å². The first kappa shape index (κ1) is 22.3. The number of nitrogens with one attached hydrogen (secondary N) is 1. The zero-order valence-electron chi connectivity index (χ0n) is 19.4. The Morgan fingerprint density at radius 2 is 1.75 bits per heavy atom. The number of nitrogens with zero attached hydrogens (tertiary/aromatic N) is 2. The third-order valence-electron chi connectivity index (χ3n) is 5.93. The van der Waals surface area contributed by atoms with Crippen molar-refractivity contribution >= 4 is 21.9 Å². The number of ether oxygens (including phenoxy) is 1. The maximum atomic E-state index is 6.34. The number of benzene rings is 2. The smallest absolute Gasteiger partial charge is 0.138 e. The van der Waals surface area contributed by atoms with Crippen molar-refractivity contribution in [3.63, 3.8) is 0 Å². The lowest BCUT2D eigenvalue weighted by Crippen LogP contribution is -2.15.